The summed E-state index contributed by atoms with van der Waals surface area (Å²) in [5, 5.41) is 13.6. The number of anilines is 1. The quantitative estimate of drug-likeness (QED) is 0.303. The Bertz CT molecular complexity index is 866. The molecule has 1 amide bonds. The maximum absolute atomic E-state index is 12.6. The number of para-hydroxylation sites is 1. The average molecular weight is 386 g/mol. The van der Waals surface area contributed by atoms with Crippen LogP contribution in [0.25, 0.3) is 0 Å². The molecular weight excluding hydrogens is 364 g/mol. The van der Waals surface area contributed by atoms with E-state index < -0.39 is 10.8 Å². The molecule has 28 heavy (non-hydrogen) atoms. The first-order chi connectivity index (χ1) is 13.4. The number of hydrogen-bond acceptors (Lipinski definition) is 6. The van der Waals surface area contributed by atoms with E-state index in [2.05, 4.69) is 5.32 Å². The third kappa shape index (κ3) is 5.80. The highest BCUT2D eigenvalue weighted by Crippen LogP contribution is 2.24. The van der Waals surface area contributed by atoms with Crippen LogP contribution in [0, 0.1) is 17.0 Å². The Labute approximate surface area is 162 Å². The molecule has 0 aliphatic carbocycles. The second kappa shape index (κ2) is 10.1. The number of carbonyl (C=O) groups is 2. The van der Waals surface area contributed by atoms with Gasteiger partial charge >= 0.3 is 5.97 Å². The van der Waals surface area contributed by atoms with Gasteiger partial charge in [-0.25, -0.2) is 0 Å². The van der Waals surface area contributed by atoms with E-state index in [0.29, 0.717) is 35.6 Å². The standard InChI is InChI=1S/C20H22N2O6/c1-3-27-19(23)9-6-12-28-18-8-5-4-7-16(18)20(24)21-17-11-10-15(22(25)26)13-14(17)2/h4-5,7-8,10-11,13H,3,6,9,12H2,1-2H3,(H,21,24). The fraction of sp³-hybridized carbons (Fsp3) is 0.300. The number of ether oxygens (including phenoxy) is 2. The van der Waals surface area contributed by atoms with Crippen molar-refractivity contribution >= 4 is 23.3 Å². The molecule has 1 N–H and O–H groups in total. The van der Waals surface area contributed by atoms with E-state index in [4.69, 9.17) is 9.47 Å². The molecule has 2 aromatic carbocycles. The maximum Gasteiger partial charge on any atom is 0.305 e. The minimum atomic E-state index is -0.488. The Morgan fingerprint density at radius 2 is 1.93 bits per heavy atom. The Balaban J connectivity index is 2.02. The lowest BCUT2D eigenvalue weighted by Gasteiger charge is -2.12. The molecule has 0 spiro atoms. The van der Waals surface area contributed by atoms with Gasteiger partial charge in [0.05, 0.1) is 23.7 Å². The first-order valence-electron chi connectivity index (χ1n) is 8.86. The predicted octanol–water partition coefficient (Wildman–Crippen LogP) is 3.88. The number of hydrogen-bond donors (Lipinski definition) is 1. The molecule has 0 heterocycles. The monoisotopic (exact) mass is 386 g/mol. The first kappa shape index (κ1) is 20.9. The number of rotatable bonds is 9. The van der Waals surface area contributed by atoms with Crippen LogP contribution in [0.1, 0.15) is 35.7 Å². The molecule has 8 heteroatoms. The van der Waals surface area contributed by atoms with E-state index in [9.17, 15) is 19.7 Å². The van der Waals surface area contributed by atoms with Gasteiger partial charge in [0, 0.05) is 24.2 Å². The normalized spacial score (nSPS) is 10.2. The summed E-state index contributed by atoms with van der Waals surface area (Å²) < 4.78 is 10.5. The maximum atomic E-state index is 12.6. The van der Waals surface area contributed by atoms with Crippen molar-refractivity contribution < 1.29 is 24.0 Å². The number of benzene rings is 2. The van der Waals surface area contributed by atoms with Gasteiger partial charge in [-0.05, 0) is 44.0 Å². The third-order valence-electron chi connectivity index (χ3n) is 3.89. The van der Waals surface area contributed by atoms with Crippen molar-refractivity contribution in [3.05, 3.63) is 63.7 Å². The number of non-ortho nitro benzene ring substituents is 1. The number of aryl methyl sites for hydroxylation is 1. The molecule has 8 nitrogen and oxygen atoms in total. The second-order valence-corrected chi connectivity index (χ2v) is 5.96. The highest BCUT2D eigenvalue weighted by Gasteiger charge is 2.15. The summed E-state index contributed by atoms with van der Waals surface area (Å²) in [4.78, 5) is 34.3. The average Bonchev–Trinajstić information content (AvgIpc) is 2.67. The lowest BCUT2D eigenvalue weighted by atomic mass is 10.1. The van der Waals surface area contributed by atoms with E-state index >= 15 is 0 Å². The van der Waals surface area contributed by atoms with Crippen molar-refractivity contribution in [2.45, 2.75) is 26.7 Å². The summed E-state index contributed by atoms with van der Waals surface area (Å²) >= 11 is 0. The summed E-state index contributed by atoms with van der Waals surface area (Å²) in [7, 11) is 0. The molecule has 0 radical (unpaired) electrons. The molecule has 148 valence electrons. The minimum Gasteiger partial charge on any atom is -0.493 e. The van der Waals surface area contributed by atoms with Gasteiger partial charge in [0.25, 0.3) is 11.6 Å². The predicted molar refractivity (Wildman–Crippen MR) is 104 cm³/mol. The van der Waals surface area contributed by atoms with E-state index in [0.717, 1.165) is 0 Å². The summed E-state index contributed by atoms with van der Waals surface area (Å²) in [5.41, 5.74) is 1.35. The van der Waals surface area contributed by atoms with E-state index in [1.807, 2.05) is 0 Å². The number of nitrogens with zero attached hydrogens (tertiary/aromatic N) is 1. The van der Waals surface area contributed by atoms with Crippen LogP contribution < -0.4 is 10.1 Å². The molecule has 0 saturated carbocycles. The highest BCUT2D eigenvalue weighted by molar-refractivity contribution is 6.06. The zero-order valence-electron chi connectivity index (χ0n) is 15.8. The van der Waals surface area contributed by atoms with Crippen molar-refractivity contribution in [1.82, 2.24) is 0 Å². The number of carbonyl (C=O) groups excluding carboxylic acids is 2. The summed E-state index contributed by atoms with van der Waals surface area (Å²) in [6.45, 7) is 4.03. The van der Waals surface area contributed by atoms with Crippen LogP contribution in [0.15, 0.2) is 42.5 Å². The van der Waals surface area contributed by atoms with Gasteiger partial charge in [0.15, 0.2) is 0 Å². The van der Waals surface area contributed by atoms with Crippen LogP contribution in [0.2, 0.25) is 0 Å². The molecular formula is C20H22N2O6. The van der Waals surface area contributed by atoms with Crippen LogP contribution in [0.5, 0.6) is 5.75 Å². The molecule has 0 unspecified atom stereocenters. The van der Waals surface area contributed by atoms with Gasteiger partial charge in [-0.3, -0.25) is 19.7 Å². The molecule has 0 atom stereocenters. The SMILES string of the molecule is CCOC(=O)CCCOc1ccccc1C(=O)Nc1ccc([N+](=O)[O-])cc1C. The molecule has 0 aromatic heterocycles. The minimum absolute atomic E-state index is 0.0409. The van der Waals surface area contributed by atoms with Gasteiger partial charge in [0.2, 0.25) is 0 Å². The molecule has 0 bridgehead atoms. The van der Waals surface area contributed by atoms with Crippen molar-refractivity contribution in [2.24, 2.45) is 0 Å². The van der Waals surface area contributed by atoms with E-state index in [-0.39, 0.29) is 24.7 Å². The Morgan fingerprint density at radius 3 is 2.61 bits per heavy atom. The molecule has 0 aliphatic heterocycles. The molecule has 0 aliphatic rings. The third-order valence-corrected chi connectivity index (χ3v) is 3.89. The van der Waals surface area contributed by atoms with Crippen LogP contribution in [0.4, 0.5) is 11.4 Å². The molecule has 2 rings (SSSR count). The van der Waals surface area contributed by atoms with Crippen molar-refractivity contribution in [1.29, 1.82) is 0 Å². The van der Waals surface area contributed by atoms with E-state index in [1.54, 1.807) is 38.1 Å². The topological polar surface area (TPSA) is 108 Å². The highest BCUT2D eigenvalue weighted by atomic mass is 16.6. The fourth-order valence-corrected chi connectivity index (χ4v) is 2.50. The summed E-state index contributed by atoms with van der Waals surface area (Å²) in [6, 6.07) is 11.0. The molecule has 0 fully saturated rings. The lowest BCUT2D eigenvalue weighted by molar-refractivity contribution is -0.384. The lowest BCUT2D eigenvalue weighted by Crippen LogP contribution is -2.15. The number of esters is 1. The number of nitro benzene ring substituents is 1. The smallest absolute Gasteiger partial charge is 0.305 e. The van der Waals surface area contributed by atoms with Crippen molar-refractivity contribution in [3.63, 3.8) is 0 Å². The second-order valence-electron chi connectivity index (χ2n) is 5.96. The van der Waals surface area contributed by atoms with Crippen LogP contribution in [-0.2, 0) is 9.53 Å². The summed E-state index contributed by atoms with van der Waals surface area (Å²) in [6.07, 6.45) is 0.709. The zero-order valence-corrected chi connectivity index (χ0v) is 15.8. The molecule has 2 aromatic rings. The Kier molecular flexibility index (Phi) is 7.50. The largest absolute Gasteiger partial charge is 0.493 e. The van der Waals surface area contributed by atoms with E-state index in [1.165, 1.54) is 18.2 Å². The number of nitro groups is 1. The van der Waals surface area contributed by atoms with Gasteiger partial charge in [-0.2, -0.15) is 0 Å². The molecule has 0 saturated heterocycles. The van der Waals surface area contributed by atoms with Crippen molar-refractivity contribution in [3.8, 4) is 5.75 Å². The van der Waals surface area contributed by atoms with Crippen LogP contribution >= 0.6 is 0 Å². The van der Waals surface area contributed by atoms with Crippen LogP contribution in [0.3, 0.4) is 0 Å². The van der Waals surface area contributed by atoms with Crippen LogP contribution in [-0.4, -0.2) is 30.0 Å². The van der Waals surface area contributed by atoms with Gasteiger partial charge in [0.1, 0.15) is 5.75 Å². The Hall–Kier alpha value is -3.42. The summed E-state index contributed by atoms with van der Waals surface area (Å²) in [5.74, 6) is -0.285. The van der Waals surface area contributed by atoms with Gasteiger partial charge in [-0.1, -0.05) is 12.1 Å². The first-order valence-corrected chi connectivity index (χ1v) is 8.86. The van der Waals surface area contributed by atoms with Crippen molar-refractivity contribution in [2.75, 3.05) is 18.5 Å². The number of amides is 1. The zero-order chi connectivity index (χ0) is 20.5. The fourth-order valence-electron chi connectivity index (χ4n) is 2.50. The number of nitrogens with one attached hydrogen (secondary N) is 1. The van der Waals surface area contributed by atoms with Gasteiger partial charge in [-0.15, -0.1) is 0 Å². The Morgan fingerprint density at radius 1 is 1.18 bits per heavy atom. The van der Waals surface area contributed by atoms with Gasteiger partial charge < -0.3 is 14.8 Å².